The molecule has 0 aliphatic carbocycles. The molecule has 3 rings (SSSR count). The minimum absolute atomic E-state index is 0.0142. The zero-order valence-corrected chi connectivity index (χ0v) is 16.8. The molecule has 5 atom stereocenters. The lowest BCUT2D eigenvalue weighted by molar-refractivity contribution is -0.265. The summed E-state index contributed by atoms with van der Waals surface area (Å²) in [5.74, 6) is -0.780. The van der Waals surface area contributed by atoms with Gasteiger partial charge in [-0.25, -0.2) is 4.39 Å². The smallest absolute Gasteiger partial charge is 0.229 e. The van der Waals surface area contributed by atoms with E-state index in [-0.39, 0.29) is 29.2 Å². The molecule has 1 aliphatic rings. The average molecular weight is 436 g/mol. The fourth-order valence-corrected chi connectivity index (χ4v) is 3.42. The Hall–Kier alpha value is -2.72. The molecule has 2 aromatic carbocycles. The van der Waals surface area contributed by atoms with Gasteiger partial charge in [-0.3, -0.25) is 4.79 Å². The number of halogens is 1. The number of aromatic hydroxyl groups is 2. The van der Waals surface area contributed by atoms with Gasteiger partial charge in [0, 0.05) is 6.42 Å². The molecule has 5 unspecified atom stereocenters. The minimum Gasteiger partial charge on any atom is -0.508 e. The van der Waals surface area contributed by atoms with Crippen molar-refractivity contribution >= 4 is 5.78 Å². The van der Waals surface area contributed by atoms with E-state index in [4.69, 9.17) is 9.47 Å². The fourth-order valence-electron chi connectivity index (χ4n) is 3.42. The minimum atomic E-state index is -2.02. The highest BCUT2D eigenvalue weighted by molar-refractivity contribution is 6.01. The van der Waals surface area contributed by atoms with Crippen LogP contribution in [0.5, 0.6) is 17.2 Å². The normalized spacial score (nSPS) is 25.9. The van der Waals surface area contributed by atoms with Crippen molar-refractivity contribution in [2.75, 3.05) is 6.61 Å². The second-order valence-electron chi connectivity index (χ2n) is 7.52. The first-order valence-corrected chi connectivity index (χ1v) is 9.79. The van der Waals surface area contributed by atoms with Crippen molar-refractivity contribution in [3.05, 3.63) is 53.1 Å². The highest BCUT2D eigenvalue weighted by Crippen LogP contribution is 2.34. The number of hydrogen-bond donors (Lipinski definition) is 5. The summed E-state index contributed by atoms with van der Waals surface area (Å²) in [4.78, 5) is 12.9. The first-order valence-electron chi connectivity index (χ1n) is 9.79. The lowest BCUT2D eigenvalue weighted by Crippen LogP contribution is -2.58. The second-order valence-corrected chi connectivity index (χ2v) is 7.52. The second kappa shape index (κ2) is 9.61. The zero-order valence-electron chi connectivity index (χ0n) is 16.8. The largest absolute Gasteiger partial charge is 0.508 e. The highest BCUT2D eigenvalue weighted by atomic mass is 19.1. The Morgan fingerprint density at radius 3 is 2.45 bits per heavy atom. The number of carbonyl (C=O) groups excluding carboxylic acids is 1. The summed E-state index contributed by atoms with van der Waals surface area (Å²) in [6.07, 6.45) is -8.29. The number of phenolic OH excluding ortho intramolecular Hbond substituents is 2. The van der Waals surface area contributed by atoms with Crippen molar-refractivity contribution in [2.45, 2.75) is 50.5 Å². The predicted molar refractivity (Wildman–Crippen MR) is 107 cm³/mol. The number of phenols is 2. The molecule has 0 radical (unpaired) electrons. The molecule has 1 heterocycles. The van der Waals surface area contributed by atoms with Gasteiger partial charge < -0.3 is 35.0 Å². The quantitative estimate of drug-likeness (QED) is 0.411. The van der Waals surface area contributed by atoms with Crippen LogP contribution >= 0.6 is 0 Å². The number of ether oxygens (including phenoxy) is 2. The molecule has 31 heavy (non-hydrogen) atoms. The van der Waals surface area contributed by atoms with Crippen LogP contribution in [-0.2, 0) is 11.2 Å². The van der Waals surface area contributed by atoms with Crippen LogP contribution in [0.1, 0.15) is 27.9 Å². The van der Waals surface area contributed by atoms with Crippen molar-refractivity contribution in [2.24, 2.45) is 0 Å². The Morgan fingerprint density at radius 1 is 1.13 bits per heavy atom. The molecule has 168 valence electrons. The van der Waals surface area contributed by atoms with Gasteiger partial charge in [-0.2, -0.15) is 0 Å². The van der Waals surface area contributed by atoms with Crippen LogP contribution in [-0.4, -0.2) is 68.7 Å². The van der Waals surface area contributed by atoms with E-state index in [1.165, 1.54) is 24.3 Å². The summed E-state index contributed by atoms with van der Waals surface area (Å²) < 4.78 is 24.8. The van der Waals surface area contributed by atoms with Crippen LogP contribution in [0.15, 0.2) is 36.4 Å². The third-order valence-electron chi connectivity index (χ3n) is 5.12. The summed E-state index contributed by atoms with van der Waals surface area (Å²) in [5.41, 5.74) is 1.21. The molecule has 5 N–H and O–H groups in total. The number of ketones is 1. The number of Topliss-reactive ketones (excluding diaryl/α,β-unsaturated/α-hetero) is 1. The van der Waals surface area contributed by atoms with E-state index in [1.54, 1.807) is 19.1 Å². The molecule has 1 saturated heterocycles. The molecule has 0 bridgehead atoms. The predicted octanol–water partition coefficient (Wildman–Crippen LogP) is 1.38. The summed E-state index contributed by atoms with van der Waals surface area (Å²) in [6, 6.07) is 9.17. The number of carbonyl (C=O) groups is 1. The topological polar surface area (TPSA) is 137 Å². The number of rotatable bonds is 7. The van der Waals surface area contributed by atoms with Gasteiger partial charge in [0.05, 0.1) is 6.61 Å². The summed E-state index contributed by atoms with van der Waals surface area (Å²) in [7, 11) is 0. The third-order valence-corrected chi connectivity index (χ3v) is 5.12. The Bertz CT molecular complexity index is 914. The maximum Gasteiger partial charge on any atom is 0.229 e. The first kappa shape index (κ1) is 23.0. The molecule has 8 nitrogen and oxygen atoms in total. The van der Waals surface area contributed by atoms with E-state index in [0.29, 0.717) is 12.0 Å². The van der Waals surface area contributed by atoms with Crippen molar-refractivity contribution in [1.82, 2.24) is 0 Å². The van der Waals surface area contributed by atoms with Gasteiger partial charge in [0.15, 0.2) is 12.0 Å². The van der Waals surface area contributed by atoms with Crippen molar-refractivity contribution < 1.29 is 44.2 Å². The monoisotopic (exact) mass is 436 g/mol. The van der Waals surface area contributed by atoms with E-state index in [0.717, 1.165) is 5.56 Å². The van der Waals surface area contributed by atoms with Crippen LogP contribution in [0, 0.1) is 6.92 Å². The standard InChI is InChI=1S/C22H25FO8/c1-11-8-15(27)18(14(26)7-4-12-2-5-13(25)6-3-12)16(9-11)30-22-21(29)20(28)19(23)17(10-24)31-22/h2-3,5-6,8-9,17,19-22,24-25,27-29H,4,7,10H2,1H3. The van der Waals surface area contributed by atoms with Crippen LogP contribution in [0.2, 0.25) is 0 Å². The van der Waals surface area contributed by atoms with E-state index >= 15 is 0 Å². The van der Waals surface area contributed by atoms with E-state index < -0.39 is 43.2 Å². The number of alkyl halides is 1. The van der Waals surface area contributed by atoms with Gasteiger partial charge in [0.2, 0.25) is 6.29 Å². The van der Waals surface area contributed by atoms with Gasteiger partial charge >= 0.3 is 0 Å². The number of aryl methyl sites for hydroxylation is 2. The van der Waals surface area contributed by atoms with Crippen molar-refractivity contribution in [3.63, 3.8) is 0 Å². The van der Waals surface area contributed by atoms with Crippen LogP contribution in [0.25, 0.3) is 0 Å². The zero-order chi connectivity index (χ0) is 22.7. The first-order chi connectivity index (χ1) is 14.7. The maximum absolute atomic E-state index is 14.0. The Morgan fingerprint density at radius 2 is 1.81 bits per heavy atom. The van der Waals surface area contributed by atoms with Crippen molar-refractivity contribution in [1.29, 1.82) is 0 Å². The number of aliphatic hydroxyl groups excluding tert-OH is 3. The van der Waals surface area contributed by atoms with Gasteiger partial charge in [-0.1, -0.05) is 12.1 Å². The fraction of sp³-hybridized carbons (Fsp3) is 0.409. The van der Waals surface area contributed by atoms with Gasteiger partial charge in [0.25, 0.3) is 0 Å². The van der Waals surface area contributed by atoms with Gasteiger partial charge in [-0.15, -0.1) is 0 Å². The molecule has 1 aliphatic heterocycles. The highest BCUT2D eigenvalue weighted by Gasteiger charge is 2.46. The van der Waals surface area contributed by atoms with E-state index in [1.807, 2.05) is 0 Å². The third kappa shape index (κ3) is 5.13. The van der Waals surface area contributed by atoms with Crippen LogP contribution < -0.4 is 4.74 Å². The molecule has 0 amide bonds. The lowest BCUT2D eigenvalue weighted by atomic mass is 9.99. The Balaban J connectivity index is 1.82. The molecular formula is C22H25FO8. The molecular weight excluding hydrogens is 411 g/mol. The summed E-state index contributed by atoms with van der Waals surface area (Å²) >= 11 is 0. The van der Waals surface area contributed by atoms with E-state index in [2.05, 4.69) is 0 Å². The van der Waals surface area contributed by atoms with Crippen molar-refractivity contribution in [3.8, 4) is 17.2 Å². The molecule has 0 aromatic heterocycles. The summed E-state index contributed by atoms with van der Waals surface area (Å²) in [5, 5.41) is 49.0. The van der Waals surface area contributed by atoms with Gasteiger partial charge in [0.1, 0.15) is 41.1 Å². The van der Waals surface area contributed by atoms with Crippen LogP contribution in [0.4, 0.5) is 4.39 Å². The molecule has 1 fully saturated rings. The molecule has 0 saturated carbocycles. The summed E-state index contributed by atoms with van der Waals surface area (Å²) in [6.45, 7) is 0.903. The maximum atomic E-state index is 14.0. The Labute approximate surface area is 178 Å². The van der Waals surface area contributed by atoms with E-state index in [9.17, 15) is 34.7 Å². The number of benzene rings is 2. The SMILES string of the molecule is Cc1cc(O)c(C(=O)CCc2ccc(O)cc2)c(OC2OC(CO)C(F)C(O)C2O)c1. The number of aliphatic hydroxyl groups is 3. The lowest BCUT2D eigenvalue weighted by Gasteiger charge is -2.38. The molecule has 0 spiro atoms. The molecule has 2 aromatic rings. The average Bonchev–Trinajstić information content (AvgIpc) is 2.73. The van der Waals surface area contributed by atoms with Crippen LogP contribution in [0.3, 0.4) is 0 Å². The number of hydrogen-bond acceptors (Lipinski definition) is 8. The van der Waals surface area contributed by atoms with Gasteiger partial charge in [-0.05, 0) is 48.7 Å². The molecule has 9 heteroatoms. The Kier molecular flexibility index (Phi) is 7.11.